The Bertz CT molecular complexity index is 298. The number of carboxylic acids is 1. The Kier molecular flexibility index (Phi) is 3.26. The minimum absolute atomic E-state index is 0.0916. The van der Waals surface area contributed by atoms with Crippen molar-refractivity contribution in [2.75, 3.05) is 0 Å². The third-order valence-corrected chi connectivity index (χ3v) is 1.76. The predicted molar refractivity (Wildman–Crippen MR) is 51.7 cm³/mol. The highest BCUT2D eigenvalue weighted by molar-refractivity contribution is 5.70. The lowest BCUT2D eigenvalue weighted by Gasteiger charge is -1.99. The van der Waals surface area contributed by atoms with Crippen LogP contribution >= 0.6 is 0 Å². The van der Waals surface area contributed by atoms with Crippen molar-refractivity contribution < 1.29 is 9.90 Å². The Morgan fingerprint density at radius 3 is 2.31 bits per heavy atom. The van der Waals surface area contributed by atoms with E-state index in [0.29, 0.717) is 0 Å². The first-order chi connectivity index (χ1) is 6.22. The minimum Gasteiger partial charge on any atom is -0.481 e. The van der Waals surface area contributed by atoms with Crippen LogP contribution in [0.5, 0.6) is 0 Å². The predicted octanol–water partition coefficient (Wildman–Crippen LogP) is 2.04. The second-order valence-electron chi connectivity index (χ2n) is 2.88. The van der Waals surface area contributed by atoms with Crippen LogP contribution in [0.3, 0.4) is 0 Å². The summed E-state index contributed by atoms with van der Waals surface area (Å²) >= 11 is 0. The molecule has 2 nitrogen and oxygen atoms in total. The monoisotopic (exact) mass is 176 g/mol. The van der Waals surface area contributed by atoms with E-state index >= 15 is 0 Å². The molecule has 0 atom stereocenters. The SMILES string of the molecule is C=CCc1ccc(CC(=O)O)cc1. The average molecular weight is 176 g/mol. The van der Waals surface area contributed by atoms with Crippen molar-refractivity contribution in [2.24, 2.45) is 0 Å². The van der Waals surface area contributed by atoms with Gasteiger partial charge in [0.25, 0.3) is 0 Å². The quantitative estimate of drug-likeness (QED) is 0.713. The maximum absolute atomic E-state index is 10.4. The van der Waals surface area contributed by atoms with Gasteiger partial charge in [0.2, 0.25) is 0 Å². The summed E-state index contributed by atoms with van der Waals surface area (Å²) in [7, 11) is 0. The largest absolute Gasteiger partial charge is 0.481 e. The topological polar surface area (TPSA) is 37.3 Å². The maximum atomic E-state index is 10.4. The third-order valence-electron chi connectivity index (χ3n) is 1.76. The molecule has 0 aliphatic rings. The van der Waals surface area contributed by atoms with Crippen LogP contribution in [0.25, 0.3) is 0 Å². The maximum Gasteiger partial charge on any atom is 0.307 e. The summed E-state index contributed by atoms with van der Waals surface area (Å²) in [5.74, 6) is -0.795. The Balaban J connectivity index is 2.69. The lowest BCUT2D eigenvalue weighted by atomic mass is 10.1. The molecule has 68 valence electrons. The lowest BCUT2D eigenvalue weighted by Crippen LogP contribution is -1.99. The zero-order chi connectivity index (χ0) is 9.68. The number of hydrogen-bond donors (Lipinski definition) is 1. The van der Waals surface area contributed by atoms with Crippen LogP contribution in [-0.2, 0) is 17.6 Å². The van der Waals surface area contributed by atoms with E-state index in [4.69, 9.17) is 5.11 Å². The van der Waals surface area contributed by atoms with Crippen molar-refractivity contribution in [3.63, 3.8) is 0 Å². The van der Waals surface area contributed by atoms with Gasteiger partial charge in [-0.2, -0.15) is 0 Å². The molecule has 0 unspecified atom stereocenters. The lowest BCUT2D eigenvalue weighted by molar-refractivity contribution is -0.136. The zero-order valence-electron chi connectivity index (χ0n) is 7.36. The number of carbonyl (C=O) groups is 1. The van der Waals surface area contributed by atoms with E-state index in [1.807, 2.05) is 30.3 Å². The van der Waals surface area contributed by atoms with Crippen LogP contribution in [0.15, 0.2) is 36.9 Å². The van der Waals surface area contributed by atoms with Gasteiger partial charge >= 0.3 is 5.97 Å². The van der Waals surface area contributed by atoms with Crippen molar-refractivity contribution in [1.82, 2.24) is 0 Å². The summed E-state index contributed by atoms with van der Waals surface area (Å²) in [6.45, 7) is 3.63. The van der Waals surface area contributed by atoms with Crippen molar-refractivity contribution in [2.45, 2.75) is 12.8 Å². The van der Waals surface area contributed by atoms with E-state index < -0.39 is 5.97 Å². The van der Waals surface area contributed by atoms with E-state index in [9.17, 15) is 4.79 Å². The van der Waals surface area contributed by atoms with E-state index in [1.54, 1.807) is 0 Å². The molecule has 2 heteroatoms. The van der Waals surface area contributed by atoms with Gasteiger partial charge < -0.3 is 5.11 Å². The fourth-order valence-corrected chi connectivity index (χ4v) is 1.13. The minimum atomic E-state index is -0.795. The molecule has 0 bridgehead atoms. The summed E-state index contributed by atoms with van der Waals surface area (Å²) in [4.78, 5) is 10.4. The molecule has 0 spiro atoms. The van der Waals surface area contributed by atoms with Gasteiger partial charge in [-0.15, -0.1) is 6.58 Å². The van der Waals surface area contributed by atoms with E-state index in [0.717, 1.165) is 17.5 Å². The van der Waals surface area contributed by atoms with Crippen molar-refractivity contribution >= 4 is 5.97 Å². The number of allylic oxidation sites excluding steroid dienone is 1. The summed E-state index contributed by atoms with van der Waals surface area (Å²) < 4.78 is 0. The van der Waals surface area contributed by atoms with Gasteiger partial charge in [0.1, 0.15) is 0 Å². The van der Waals surface area contributed by atoms with Gasteiger partial charge in [-0.3, -0.25) is 4.79 Å². The van der Waals surface area contributed by atoms with E-state index in [1.165, 1.54) is 0 Å². The second-order valence-corrected chi connectivity index (χ2v) is 2.88. The standard InChI is InChI=1S/C11H12O2/c1-2-3-9-4-6-10(7-5-9)8-11(12)13/h2,4-7H,1,3,8H2,(H,12,13). The molecule has 0 aromatic heterocycles. The number of aliphatic carboxylic acids is 1. The fraction of sp³-hybridized carbons (Fsp3) is 0.182. The molecule has 0 aliphatic heterocycles. The summed E-state index contributed by atoms with van der Waals surface area (Å²) in [5.41, 5.74) is 1.99. The molecule has 0 aliphatic carbocycles. The molecule has 0 saturated heterocycles. The molecule has 0 fully saturated rings. The Labute approximate surface area is 77.5 Å². The van der Waals surface area contributed by atoms with Crippen LogP contribution in [0, 0.1) is 0 Å². The number of rotatable bonds is 4. The molecule has 0 radical (unpaired) electrons. The van der Waals surface area contributed by atoms with Crippen molar-refractivity contribution in [3.05, 3.63) is 48.0 Å². The van der Waals surface area contributed by atoms with Gasteiger partial charge in [0.05, 0.1) is 6.42 Å². The molecule has 0 saturated carbocycles. The summed E-state index contributed by atoms with van der Waals surface area (Å²) in [6, 6.07) is 7.54. The zero-order valence-corrected chi connectivity index (χ0v) is 7.36. The summed E-state index contributed by atoms with van der Waals surface area (Å²) in [5, 5.41) is 8.52. The number of benzene rings is 1. The van der Waals surface area contributed by atoms with Gasteiger partial charge in [-0.25, -0.2) is 0 Å². The van der Waals surface area contributed by atoms with E-state index in [-0.39, 0.29) is 6.42 Å². The number of carboxylic acid groups (broad SMARTS) is 1. The molecule has 0 amide bonds. The van der Waals surface area contributed by atoms with E-state index in [2.05, 4.69) is 6.58 Å². The van der Waals surface area contributed by atoms with Gasteiger partial charge in [0.15, 0.2) is 0 Å². The first-order valence-electron chi connectivity index (χ1n) is 4.13. The Hall–Kier alpha value is -1.57. The highest BCUT2D eigenvalue weighted by Crippen LogP contribution is 2.06. The fourth-order valence-electron chi connectivity index (χ4n) is 1.13. The van der Waals surface area contributed by atoms with Crippen molar-refractivity contribution in [3.8, 4) is 0 Å². The molecule has 0 heterocycles. The molecule has 13 heavy (non-hydrogen) atoms. The van der Waals surface area contributed by atoms with Gasteiger partial charge in [-0.05, 0) is 17.5 Å². The highest BCUT2D eigenvalue weighted by atomic mass is 16.4. The Morgan fingerprint density at radius 2 is 1.85 bits per heavy atom. The average Bonchev–Trinajstić information content (AvgIpc) is 2.08. The van der Waals surface area contributed by atoms with Crippen LogP contribution in [0.2, 0.25) is 0 Å². The van der Waals surface area contributed by atoms with Gasteiger partial charge in [0, 0.05) is 0 Å². The molecular weight excluding hydrogens is 164 g/mol. The first kappa shape index (κ1) is 9.52. The molecule has 1 aromatic rings. The number of hydrogen-bond acceptors (Lipinski definition) is 1. The van der Waals surface area contributed by atoms with Crippen LogP contribution < -0.4 is 0 Å². The smallest absolute Gasteiger partial charge is 0.307 e. The van der Waals surface area contributed by atoms with Crippen molar-refractivity contribution in [1.29, 1.82) is 0 Å². The normalized spacial score (nSPS) is 9.54. The van der Waals surface area contributed by atoms with Crippen LogP contribution in [-0.4, -0.2) is 11.1 Å². The Morgan fingerprint density at radius 1 is 1.31 bits per heavy atom. The molecule has 1 N–H and O–H groups in total. The van der Waals surface area contributed by atoms with Gasteiger partial charge in [-0.1, -0.05) is 30.3 Å². The summed E-state index contributed by atoms with van der Waals surface area (Å²) in [6.07, 6.45) is 2.74. The first-order valence-corrected chi connectivity index (χ1v) is 4.13. The highest BCUT2D eigenvalue weighted by Gasteiger charge is 1.99. The molecule has 1 rings (SSSR count). The van der Waals surface area contributed by atoms with Crippen LogP contribution in [0.4, 0.5) is 0 Å². The molecular formula is C11H12O2. The molecule has 1 aromatic carbocycles. The van der Waals surface area contributed by atoms with Crippen LogP contribution in [0.1, 0.15) is 11.1 Å². The second kappa shape index (κ2) is 4.45. The third kappa shape index (κ3) is 3.11.